The quantitative estimate of drug-likeness (QED) is 0.364. The molecule has 1 fully saturated rings. The van der Waals surface area contributed by atoms with Crippen LogP contribution in [0.4, 0.5) is 29.0 Å². The van der Waals surface area contributed by atoms with Crippen LogP contribution < -0.4 is 14.7 Å². The molecule has 4 rings (SSSR count). The van der Waals surface area contributed by atoms with E-state index in [1.54, 1.807) is 25.3 Å². The first-order valence-corrected chi connectivity index (χ1v) is 13.4. The van der Waals surface area contributed by atoms with Crippen molar-refractivity contribution < 1.29 is 15.0 Å². The van der Waals surface area contributed by atoms with Crippen LogP contribution in [0.2, 0.25) is 0 Å². The summed E-state index contributed by atoms with van der Waals surface area (Å²) in [5.74, 6) is 1.82. The lowest BCUT2D eigenvalue weighted by atomic mass is 10.1. The predicted octanol–water partition coefficient (Wildman–Crippen LogP) is 6.12. The number of carbonyl (C=O) groups is 1. The van der Waals surface area contributed by atoms with Gasteiger partial charge in [-0.25, -0.2) is 4.99 Å². The van der Waals surface area contributed by atoms with Crippen molar-refractivity contribution in [2.75, 3.05) is 47.9 Å². The first-order valence-electron chi connectivity index (χ1n) is 13.4. The summed E-state index contributed by atoms with van der Waals surface area (Å²) in [5, 5.41) is 17.3. The molecule has 39 heavy (non-hydrogen) atoms. The minimum Gasteiger partial charge on any atom is -0.508 e. The van der Waals surface area contributed by atoms with Gasteiger partial charge in [-0.2, -0.15) is 9.97 Å². The molecule has 2 N–H and O–H groups in total. The van der Waals surface area contributed by atoms with Crippen molar-refractivity contribution in [3.05, 3.63) is 59.7 Å². The number of hydrogen-bond donors (Lipinski definition) is 2. The second-order valence-corrected chi connectivity index (χ2v) is 8.77. The summed E-state index contributed by atoms with van der Waals surface area (Å²) in [4.78, 5) is 30.3. The third-order valence-electron chi connectivity index (χ3n) is 6.21. The summed E-state index contributed by atoms with van der Waals surface area (Å²) in [5.41, 5.74) is 4.38. The lowest BCUT2D eigenvalue weighted by Crippen LogP contribution is -2.47. The topological polar surface area (TPSA) is 105 Å². The van der Waals surface area contributed by atoms with Crippen LogP contribution in [0.1, 0.15) is 45.2 Å². The van der Waals surface area contributed by atoms with Gasteiger partial charge in [-0.05, 0) is 56.7 Å². The maximum atomic E-state index is 9.55. The number of piperazine rings is 1. The maximum Gasteiger partial charge on any atom is 0.303 e. The van der Waals surface area contributed by atoms with Gasteiger partial charge in [0.15, 0.2) is 5.82 Å². The molecule has 9 nitrogen and oxygen atoms in total. The monoisotopic (exact) mass is 534 g/mol. The van der Waals surface area contributed by atoms with E-state index in [-0.39, 0.29) is 12.2 Å². The molecule has 2 aromatic carbocycles. The highest BCUT2D eigenvalue weighted by Gasteiger charge is 2.23. The molecule has 0 saturated carbocycles. The molecule has 0 bridgehead atoms. The SMILES string of the molecule is C/C=N\c1nc(N2CCN(c3ccc(O)cc3)CC2)nc(N(C)c2ccccc2C)c1C.CC.CCC(=O)O. The second kappa shape index (κ2) is 15.3. The number of benzene rings is 2. The van der Waals surface area contributed by atoms with Crippen molar-refractivity contribution in [3.8, 4) is 5.75 Å². The highest BCUT2D eigenvalue weighted by atomic mass is 16.4. The van der Waals surface area contributed by atoms with Crippen molar-refractivity contribution in [1.82, 2.24) is 9.97 Å². The van der Waals surface area contributed by atoms with E-state index in [0.29, 0.717) is 11.8 Å². The lowest BCUT2D eigenvalue weighted by molar-refractivity contribution is -0.136. The van der Waals surface area contributed by atoms with Crippen LogP contribution in [-0.4, -0.2) is 65.6 Å². The summed E-state index contributed by atoms with van der Waals surface area (Å²) >= 11 is 0. The number of nitrogens with zero attached hydrogens (tertiary/aromatic N) is 6. The van der Waals surface area contributed by atoms with Gasteiger partial charge in [0.2, 0.25) is 5.95 Å². The van der Waals surface area contributed by atoms with Crippen LogP contribution >= 0.6 is 0 Å². The minimum atomic E-state index is -0.745. The average molecular weight is 535 g/mol. The number of carboxylic acids is 1. The molecule has 1 saturated heterocycles. The number of phenolic OH excluding ortho intramolecular Hbond substituents is 1. The Labute approximate surface area is 232 Å². The Bertz CT molecular complexity index is 1220. The summed E-state index contributed by atoms with van der Waals surface area (Å²) in [7, 11) is 2.05. The number of aromatic hydroxyl groups is 1. The molecule has 9 heteroatoms. The van der Waals surface area contributed by atoms with Crippen molar-refractivity contribution in [1.29, 1.82) is 0 Å². The maximum absolute atomic E-state index is 9.55. The number of hydrogen-bond acceptors (Lipinski definition) is 8. The molecule has 0 radical (unpaired) electrons. The Morgan fingerprint density at radius 1 is 1.00 bits per heavy atom. The summed E-state index contributed by atoms with van der Waals surface area (Å²) in [6.45, 7) is 15.0. The third kappa shape index (κ3) is 8.43. The molecule has 1 aliphatic rings. The van der Waals surface area contributed by atoms with Crippen molar-refractivity contribution >= 4 is 41.1 Å². The highest BCUT2D eigenvalue weighted by Crippen LogP contribution is 2.33. The largest absolute Gasteiger partial charge is 0.508 e. The number of carboxylic acid groups (broad SMARTS) is 1. The van der Waals surface area contributed by atoms with Gasteiger partial charge in [-0.1, -0.05) is 39.0 Å². The number of aliphatic imine (C=N–C) groups is 1. The summed E-state index contributed by atoms with van der Waals surface area (Å²) < 4.78 is 0. The molecule has 1 aliphatic heterocycles. The van der Waals surface area contributed by atoms with Gasteiger partial charge >= 0.3 is 5.97 Å². The fraction of sp³-hybridized carbons (Fsp3) is 0.400. The standard InChI is InChI=1S/C25H30N6O.C3H6O2.C2H6/c1-5-26-23-19(3)24(29(4)22-9-7-6-8-18(22)2)28-25(27-23)31-16-14-30(15-17-31)20-10-12-21(32)13-11-20;1-2-3(4)5;1-2/h5-13,32H,14-17H2,1-4H3;2H2,1H3,(H,4,5);1-2H3/b26-5-;;. The first-order chi connectivity index (χ1) is 18.7. The van der Waals surface area contributed by atoms with Gasteiger partial charge in [0, 0.05) is 62.8 Å². The van der Waals surface area contributed by atoms with E-state index in [2.05, 4.69) is 38.7 Å². The fourth-order valence-electron chi connectivity index (χ4n) is 4.08. The van der Waals surface area contributed by atoms with E-state index >= 15 is 0 Å². The van der Waals surface area contributed by atoms with Crippen molar-refractivity contribution in [2.24, 2.45) is 4.99 Å². The molecule has 0 aliphatic carbocycles. The zero-order valence-corrected chi connectivity index (χ0v) is 24.2. The molecule has 0 amide bonds. The van der Waals surface area contributed by atoms with E-state index in [1.807, 2.05) is 59.0 Å². The normalized spacial score (nSPS) is 12.8. The minimum absolute atomic E-state index is 0.222. The van der Waals surface area contributed by atoms with Crippen molar-refractivity contribution in [3.63, 3.8) is 0 Å². The first kappa shape index (κ1) is 31.1. The van der Waals surface area contributed by atoms with Gasteiger partial charge in [-0.15, -0.1) is 0 Å². The van der Waals surface area contributed by atoms with E-state index in [1.165, 1.54) is 5.56 Å². The van der Waals surface area contributed by atoms with Crippen molar-refractivity contribution in [2.45, 2.75) is 48.0 Å². The Balaban J connectivity index is 0.000000686. The molecular formula is C30H42N6O3. The van der Waals surface area contributed by atoms with Crippen LogP contribution in [-0.2, 0) is 4.79 Å². The average Bonchev–Trinajstić information content (AvgIpc) is 2.96. The van der Waals surface area contributed by atoms with Crippen LogP contribution in [0, 0.1) is 13.8 Å². The molecule has 3 aromatic rings. The lowest BCUT2D eigenvalue weighted by Gasteiger charge is -2.36. The number of aromatic nitrogens is 2. The Morgan fingerprint density at radius 3 is 2.10 bits per heavy atom. The Morgan fingerprint density at radius 2 is 1.56 bits per heavy atom. The second-order valence-electron chi connectivity index (χ2n) is 8.77. The van der Waals surface area contributed by atoms with Crippen LogP contribution in [0.5, 0.6) is 5.75 Å². The van der Waals surface area contributed by atoms with E-state index in [0.717, 1.165) is 48.9 Å². The number of para-hydroxylation sites is 1. The molecule has 1 aromatic heterocycles. The number of phenols is 1. The molecular weight excluding hydrogens is 492 g/mol. The number of aliphatic carboxylic acids is 1. The number of anilines is 4. The van der Waals surface area contributed by atoms with E-state index in [4.69, 9.17) is 15.1 Å². The van der Waals surface area contributed by atoms with Crippen LogP contribution in [0.3, 0.4) is 0 Å². The predicted molar refractivity (Wildman–Crippen MR) is 162 cm³/mol. The molecule has 210 valence electrons. The smallest absolute Gasteiger partial charge is 0.303 e. The molecule has 0 unspecified atom stereocenters. The fourth-order valence-corrected chi connectivity index (χ4v) is 4.08. The summed E-state index contributed by atoms with van der Waals surface area (Å²) in [6, 6.07) is 15.7. The highest BCUT2D eigenvalue weighted by molar-refractivity contribution is 5.71. The van der Waals surface area contributed by atoms with Gasteiger partial charge in [-0.3, -0.25) is 4.79 Å². The molecule has 0 spiro atoms. The van der Waals surface area contributed by atoms with Gasteiger partial charge in [0.05, 0.1) is 0 Å². The molecule has 2 heterocycles. The van der Waals surface area contributed by atoms with E-state index in [9.17, 15) is 9.90 Å². The Kier molecular flexibility index (Phi) is 12.2. The summed E-state index contributed by atoms with van der Waals surface area (Å²) in [6.07, 6.45) is 2.00. The zero-order chi connectivity index (χ0) is 28.9. The van der Waals surface area contributed by atoms with E-state index < -0.39 is 5.97 Å². The van der Waals surface area contributed by atoms with Gasteiger partial charge in [0.1, 0.15) is 11.6 Å². The zero-order valence-electron chi connectivity index (χ0n) is 24.2. The van der Waals surface area contributed by atoms with Crippen LogP contribution in [0.15, 0.2) is 53.5 Å². The van der Waals surface area contributed by atoms with Gasteiger partial charge in [0.25, 0.3) is 0 Å². The Hall–Kier alpha value is -4.14. The number of aryl methyl sites for hydroxylation is 1. The number of rotatable bonds is 6. The molecule has 0 atom stereocenters. The third-order valence-corrected chi connectivity index (χ3v) is 6.21. The van der Waals surface area contributed by atoms with Crippen LogP contribution in [0.25, 0.3) is 0 Å². The van der Waals surface area contributed by atoms with Gasteiger partial charge < -0.3 is 24.9 Å².